The molecule has 23 heavy (non-hydrogen) atoms. The molecule has 0 radical (unpaired) electrons. The number of aliphatic carboxylic acids is 1. The van der Waals surface area contributed by atoms with Gasteiger partial charge in [-0.05, 0) is 25.1 Å². The number of fused-ring (bicyclic) bond motifs is 1. The molecule has 0 unspecified atom stereocenters. The van der Waals surface area contributed by atoms with E-state index in [9.17, 15) is 9.59 Å². The zero-order valence-corrected chi connectivity index (χ0v) is 13.9. The van der Waals surface area contributed by atoms with Crippen LogP contribution in [0, 0.1) is 0 Å². The molecule has 2 rings (SSSR count). The van der Waals surface area contributed by atoms with Gasteiger partial charge in [-0.2, -0.15) is 0 Å². The molecule has 2 aromatic rings. The monoisotopic (exact) mass is 335 g/mol. The molecule has 1 aromatic heterocycles. The number of hydrogen-bond acceptors (Lipinski definition) is 5. The Bertz CT molecular complexity index is 638. The van der Waals surface area contributed by atoms with E-state index in [0.717, 1.165) is 21.6 Å². The van der Waals surface area contributed by atoms with E-state index in [4.69, 9.17) is 5.11 Å². The Balaban J connectivity index is 1.78. The van der Waals surface area contributed by atoms with Gasteiger partial charge in [-0.15, -0.1) is 11.3 Å². The summed E-state index contributed by atoms with van der Waals surface area (Å²) < 4.78 is 1.14. The number of aromatic nitrogens is 1. The molecule has 1 amide bonds. The quantitative estimate of drug-likeness (QED) is 0.729. The molecule has 6 nitrogen and oxygen atoms in total. The van der Waals surface area contributed by atoms with Crippen LogP contribution in [0.15, 0.2) is 24.3 Å². The zero-order valence-electron chi connectivity index (χ0n) is 13.1. The molecule has 124 valence electrons. The Morgan fingerprint density at radius 1 is 1.30 bits per heavy atom. The van der Waals surface area contributed by atoms with E-state index in [2.05, 4.69) is 10.3 Å². The molecule has 0 aliphatic carbocycles. The number of hydrogen-bond donors (Lipinski definition) is 2. The van der Waals surface area contributed by atoms with Crippen LogP contribution in [0.4, 0.5) is 0 Å². The summed E-state index contributed by atoms with van der Waals surface area (Å²) in [6, 6.07) is 7.95. The van der Waals surface area contributed by atoms with Crippen LogP contribution in [0.2, 0.25) is 0 Å². The standard InChI is InChI=1S/C16H21N3O3S/c1-2-9-19(11-16(21)22)10-14(20)17-8-7-15-18-12-5-3-4-6-13(12)23-15/h3-6H,2,7-11H2,1H3,(H,17,20)(H,21,22). The highest BCUT2D eigenvalue weighted by Crippen LogP contribution is 2.21. The Kier molecular flexibility index (Phi) is 6.49. The third-order valence-corrected chi connectivity index (χ3v) is 4.36. The number of benzene rings is 1. The maximum absolute atomic E-state index is 11.9. The number of rotatable bonds is 9. The van der Waals surface area contributed by atoms with Crippen molar-refractivity contribution in [2.24, 2.45) is 0 Å². The molecule has 7 heteroatoms. The van der Waals surface area contributed by atoms with Gasteiger partial charge >= 0.3 is 5.97 Å². The Hall–Kier alpha value is -1.99. The smallest absolute Gasteiger partial charge is 0.317 e. The minimum atomic E-state index is -0.916. The molecule has 0 saturated carbocycles. The second-order valence-electron chi connectivity index (χ2n) is 5.28. The van der Waals surface area contributed by atoms with Crippen molar-refractivity contribution in [1.82, 2.24) is 15.2 Å². The van der Waals surface area contributed by atoms with Crippen LogP contribution >= 0.6 is 11.3 Å². The fourth-order valence-electron chi connectivity index (χ4n) is 2.32. The van der Waals surface area contributed by atoms with Crippen LogP contribution < -0.4 is 5.32 Å². The number of para-hydroxylation sites is 1. The average molecular weight is 335 g/mol. The molecular weight excluding hydrogens is 314 g/mol. The lowest BCUT2D eigenvalue weighted by Crippen LogP contribution is -2.40. The molecule has 1 heterocycles. The Labute approximate surface area is 139 Å². The van der Waals surface area contributed by atoms with Gasteiger partial charge in [-0.3, -0.25) is 14.5 Å². The number of amides is 1. The molecule has 0 bridgehead atoms. The van der Waals surface area contributed by atoms with Crippen LogP contribution in [-0.2, 0) is 16.0 Å². The summed E-state index contributed by atoms with van der Waals surface area (Å²) in [7, 11) is 0. The third kappa shape index (κ3) is 5.61. The molecule has 0 aliphatic rings. The van der Waals surface area contributed by atoms with Crippen molar-refractivity contribution in [3.8, 4) is 0 Å². The topological polar surface area (TPSA) is 82.5 Å². The van der Waals surface area contributed by atoms with E-state index in [1.807, 2.05) is 31.2 Å². The molecule has 0 aliphatic heterocycles. The highest BCUT2D eigenvalue weighted by Gasteiger charge is 2.13. The Morgan fingerprint density at radius 2 is 2.09 bits per heavy atom. The second kappa shape index (κ2) is 8.59. The average Bonchev–Trinajstić information content (AvgIpc) is 2.89. The SMILES string of the molecule is CCCN(CC(=O)O)CC(=O)NCCc1nc2ccccc2s1. The van der Waals surface area contributed by atoms with Crippen LogP contribution in [0.5, 0.6) is 0 Å². The van der Waals surface area contributed by atoms with E-state index in [-0.39, 0.29) is 19.0 Å². The third-order valence-electron chi connectivity index (χ3n) is 3.27. The van der Waals surface area contributed by atoms with E-state index >= 15 is 0 Å². The molecular formula is C16H21N3O3S. The predicted molar refractivity (Wildman–Crippen MR) is 90.7 cm³/mol. The fourth-order valence-corrected chi connectivity index (χ4v) is 3.28. The van der Waals surface area contributed by atoms with Crippen molar-refractivity contribution in [3.05, 3.63) is 29.3 Å². The van der Waals surface area contributed by atoms with Crippen LogP contribution in [0.25, 0.3) is 10.2 Å². The summed E-state index contributed by atoms with van der Waals surface area (Å²) in [5.74, 6) is -1.07. The van der Waals surface area contributed by atoms with Crippen LogP contribution in [0.1, 0.15) is 18.4 Å². The number of carboxylic acid groups (broad SMARTS) is 1. The summed E-state index contributed by atoms with van der Waals surface area (Å²) >= 11 is 1.63. The fraction of sp³-hybridized carbons (Fsp3) is 0.438. The first kappa shape index (κ1) is 17.4. The number of carbonyl (C=O) groups is 2. The van der Waals surface area contributed by atoms with Gasteiger partial charge in [0.15, 0.2) is 0 Å². The second-order valence-corrected chi connectivity index (χ2v) is 6.39. The summed E-state index contributed by atoms with van der Waals surface area (Å²) in [6.07, 6.45) is 1.49. The van der Waals surface area contributed by atoms with Gasteiger partial charge in [0.05, 0.1) is 28.3 Å². The van der Waals surface area contributed by atoms with Gasteiger partial charge in [-0.1, -0.05) is 19.1 Å². The molecule has 0 atom stereocenters. The molecule has 2 N–H and O–H groups in total. The summed E-state index contributed by atoms with van der Waals surface area (Å²) in [4.78, 5) is 28.8. The first-order valence-electron chi connectivity index (χ1n) is 7.63. The maximum atomic E-state index is 11.9. The zero-order chi connectivity index (χ0) is 16.7. The largest absolute Gasteiger partial charge is 0.480 e. The van der Waals surface area contributed by atoms with Crippen molar-refractivity contribution in [2.75, 3.05) is 26.2 Å². The van der Waals surface area contributed by atoms with Crippen LogP contribution in [-0.4, -0.2) is 53.0 Å². The lowest BCUT2D eigenvalue weighted by molar-refractivity contribution is -0.138. The van der Waals surface area contributed by atoms with Crippen molar-refractivity contribution < 1.29 is 14.7 Å². The van der Waals surface area contributed by atoms with Gasteiger partial charge in [0.25, 0.3) is 0 Å². The van der Waals surface area contributed by atoms with E-state index < -0.39 is 5.97 Å². The normalized spacial score (nSPS) is 11.0. The summed E-state index contributed by atoms with van der Waals surface area (Å²) in [5.41, 5.74) is 0.981. The van der Waals surface area contributed by atoms with Crippen LogP contribution in [0.3, 0.4) is 0 Å². The van der Waals surface area contributed by atoms with Gasteiger partial charge in [0.1, 0.15) is 0 Å². The molecule has 1 aromatic carbocycles. The minimum absolute atomic E-state index is 0.111. The van der Waals surface area contributed by atoms with Gasteiger partial charge in [0.2, 0.25) is 5.91 Å². The van der Waals surface area contributed by atoms with E-state index in [1.165, 1.54) is 0 Å². The number of nitrogens with zero attached hydrogens (tertiary/aromatic N) is 2. The predicted octanol–water partition coefficient (Wildman–Crippen LogP) is 1.75. The lowest BCUT2D eigenvalue weighted by atomic mass is 10.3. The number of nitrogens with one attached hydrogen (secondary N) is 1. The minimum Gasteiger partial charge on any atom is -0.480 e. The summed E-state index contributed by atoms with van der Waals surface area (Å²) in [5, 5.41) is 12.7. The van der Waals surface area contributed by atoms with Gasteiger partial charge in [0, 0.05) is 13.0 Å². The molecule has 0 fully saturated rings. The van der Waals surface area contributed by atoms with E-state index in [1.54, 1.807) is 16.2 Å². The number of carbonyl (C=O) groups excluding carboxylic acids is 1. The summed E-state index contributed by atoms with van der Waals surface area (Å²) in [6.45, 7) is 3.06. The van der Waals surface area contributed by atoms with Crippen molar-refractivity contribution in [3.63, 3.8) is 0 Å². The van der Waals surface area contributed by atoms with Crippen molar-refractivity contribution >= 4 is 33.4 Å². The Morgan fingerprint density at radius 3 is 2.78 bits per heavy atom. The van der Waals surface area contributed by atoms with Crippen molar-refractivity contribution in [2.45, 2.75) is 19.8 Å². The number of thiazole rings is 1. The molecule has 0 spiro atoms. The highest BCUT2D eigenvalue weighted by atomic mass is 32.1. The lowest BCUT2D eigenvalue weighted by Gasteiger charge is -2.18. The number of carboxylic acids is 1. The maximum Gasteiger partial charge on any atom is 0.317 e. The first-order valence-corrected chi connectivity index (χ1v) is 8.45. The highest BCUT2D eigenvalue weighted by molar-refractivity contribution is 7.18. The van der Waals surface area contributed by atoms with E-state index in [0.29, 0.717) is 19.5 Å². The first-order chi connectivity index (χ1) is 11.1. The van der Waals surface area contributed by atoms with Gasteiger partial charge < -0.3 is 10.4 Å². The molecule has 0 saturated heterocycles. The van der Waals surface area contributed by atoms with Gasteiger partial charge in [-0.25, -0.2) is 4.98 Å². The van der Waals surface area contributed by atoms with Crippen molar-refractivity contribution in [1.29, 1.82) is 0 Å².